The van der Waals surface area contributed by atoms with Gasteiger partial charge in [-0.3, -0.25) is 4.79 Å². The molecule has 80 valence electrons. The number of hydrogen-bond acceptors (Lipinski definition) is 3. The Morgan fingerprint density at radius 1 is 1.60 bits per heavy atom. The fraction of sp³-hybridized carbons (Fsp3) is 0.545. The Balaban J connectivity index is 2.15. The van der Waals surface area contributed by atoms with Gasteiger partial charge in [-0.15, -0.1) is 0 Å². The van der Waals surface area contributed by atoms with Crippen LogP contribution < -0.4 is 0 Å². The van der Waals surface area contributed by atoms with Crippen molar-refractivity contribution in [2.45, 2.75) is 38.5 Å². The van der Waals surface area contributed by atoms with Gasteiger partial charge in [-0.2, -0.15) is 0 Å². The molecule has 4 nitrogen and oxygen atoms in total. The van der Waals surface area contributed by atoms with Crippen LogP contribution in [0, 0.1) is 5.39 Å². The molecule has 0 amide bonds. The van der Waals surface area contributed by atoms with Crippen LogP contribution in [0.5, 0.6) is 0 Å². The standard InChI is InChI=1S/C11H14N2O2/c12-13-8-10(14)6-2-1-4-9-5-3-7-11(9)15/h5,8H,1-4,6-7H2/p+1. The van der Waals surface area contributed by atoms with Crippen LogP contribution in [-0.4, -0.2) is 10.9 Å². The molecule has 1 N–H and O–H groups in total. The third kappa shape index (κ3) is 3.94. The molecule has 0 aromatic heterocycles. The summed E-state index contributed by atoms with van der Waals surface area (Å²) in [6.45, 7) is 0. The SMILES string of the molecule is N#[N+]C=C(O)CCCCC1=CCCC1=O. The fourth-order valence-electron chi connectivity index (χ4n) is 1.65. The molecule has 0 unspecified atom stereocenters. The summed E-state index contributed by atoms with van der Waals surface area (Å²) in [6.07, 6.45) is 7.52. The lowest BCUT2D eigenvalue weighted by Crippen LogP contribution is -1.95. The van der Waals surface area contributed by atoms with E-state index in [1.54, 1.807) is 0 Å². The maximum Gasteiger partial charge on any atom is 0.387 e. The van der Waals surface area contributed by atoms with E-state index in [0.29, 0.717) is 12.8 Å². The lowest BCUT2D eigenvalue weighted by molar-refractivity contribution is -0.115. The zero-order valence-corrected chi connectivity index (χ0v) is 8.65. The number of hydrogen-bond donors (Lipinski definition) is 1. The van der Waals surface area contributed by atoms with E-state index in [1.807, 2.05) is 6.08 Å². The number of allylic oxidation sites excluding steroid dienone is 3. The van der Waals surface area contributed by atoms with Crippen LogP contribution in [0.15, 0.2) is 23.6 Å². The van der Waals surface area contributed by atoms with Crippen LogP contribution in [0.1, 0.15) is 38.5 Å². The first-order chi connectivity index (χ1) is 7.24. The van der Waals surface area contributed by atoms with Gasteiger partial charge < -0.3 is 5.11 Å². The Kier molecular flexibility index (Phi) is 4.55. The van der Waals surface area contributed by atoms with Crippen molar-refractivity contribution >= 4 is 5.78 Å². The van der Waals surface area contributed by atoms with Gasteiger partial charge in [0.25, 0.3) is 0 Å². The summed E-state index contributed by atoms with van der Waals surface area (Å²) in [5.41, 5.74) is 0.935. The van der Waals surface area contributed by atoms with Gasteiger partial charge in [0.1, 0.15) is 0 Å². The summed E-state index contributed by atoms with van der Waals surface area (Å²) in [6, 6.07) is 0. The molecule has 15 heavy (non-hydrogen) atoms. The first-order valence-electron chi connectivity index (χ1n) is 5.18. The highest BCUT2D eigenvalue weighted by Gasteiger charge is 2.13. The molecular weight excluding hydrogens is 192 g/mol. The van der Waals surface area contributed by atoms with Crippen LogP contribution in [-0.2, 0) is 4.79 Å². The lowest BCUT2D eigenvalue weighted by Gasteiger charge is -1.99. The third-order valence-corrected chi connectivity index (χ3v) is 2.46. The molecule has 0 aromatic rings. The van der Waals surface area contributed by atoms with Gasteiger partial charge >= 0.3 is 6.20 Å². The number of ketones is 1. The topological polar surface area (TPSA) is 65.4 Å². The summed E-state index contributed by atoms with van der Waals surface area (Å²) in [5, 5.41) is 17.3. The van der Waals surface area contributed by atoms with E-state index in [2.05, 4.69) is 4.98 Å². The number of aliphatic hydroxyl groups excluding tert-OH is 1. The lowest BCUT2D eigenvalue weighted by atomic mass is 10.1. The van der Waals surface area contributed by atoms with Crippen LogP contribution in [0.25, 0.3) is 4.98 Å². The Morgan fingerprint density at radius 3 is 3.00 bits per heavy atom. The average Bonchev–Trinajstić information content (AvgIpc) is 2.60. The van der Waals surface area contributed by atoms with Crippen molar-refractivity contribution < 1.29 is 9.90 Å². The summed E-state index contributed by atoms with van der Waals surface area (Å²) in [7, 11) is 0. The molecule has 1 aliphatic rings. The van der Waals surface area contributed by atoms with Crippen molar-refractivity contribution in [2.24, 2.45) is 0 Å². The van der Waals surface area contributed by atoms with Crippen molar-refractivity contribution in [3.8, 4) is 0 Å². The molecule has 0 aromatic carbocycles. The fourth-order valence-corrected chi connectivity index (χ4v) is 1.65. The monoisotopic (exact) mass is 207 g/mol. The quantitative estimate of drug-likeness (QED) is 0.428. The summed E-state index contributed by atoms with van der Waals surface area (Å²) < 4.78 is 0. The second-order valence-electron chi connectivity index (χ2n) is 3.63. The molecule has 0 radical (unpaired) electrons. The van der Waals surface area contributed by atoms with Crippen molar-refractivity contribution in [3.63, 3.8) is 0 Å². The normalized spacial score (nSPS) is 16.3. The van der Waals surface area contributed by atoms with Gasteiger partial charge in [-0.25, -0.2) is 0 Å². The maximum absolute atomic E-state index is 11.2. The van der Waals surface area contributed by atoms with Gasteiger partial charge in [0.15, 0.2) is 16.5 Å². The number of Topliss-reactive ketones (excluding diaryl/α,β-unsaturated/α-hetero) is 1. The highest BCUT2D eigenvalue weighted by atomic mass is 16.3. The first kappa shape index (κ1) is 11.4. The number of aliphatic hydroxyl groups is 1. The molecule has 0 spiro atoms. The van der Waals surface area contributed by atoms with Gasteiger partial charge in [0, 0.05) is 12.8 Å². The number of rotatable bonds is 5. The molecule has 0 heterocycles. The minimum Gasteiger partial charge on any atom is -0.505 e. The van der Waals surface area contributed by atoms with E-state index in [4.69, 9.17) is 10.5 Å². The third-order valence-electron chi connectivity index (χ3n) is 2.46. The van der Waals surface area contributed by atoms with E-state index in [0.717, 1.165) is 37.5 Å². The van der Waals surface area contributed by atoms with E-state index < -0.39 is 0 Å². The van der Waals surface area contributed by atoms with Crippen LogP contribution in [0.2, 0.25) is 0 Å². The average molecular weight is 207 g/mol. The van der Waals surface area contributed by atoms with Crippen molar-refractivity contribution in [1.82, 2.24) is 0 Å². The molecule has 0 fully saturated rings. The molecule has 0 aliphatic heterocycles. The number of diazo groups is 1. The van der Waals surface area contributed by atoms with E-state index in [1.165, 1.54) is 0 Å². The predicted molar refractivity (Wildman–Crippen MR) is 56.6 cm³/mol. The second-order valence-corrected chi connectivity index (χ2v) is 3.63. The Labute approximate surface area is 88.9 Å². The summed E-state index contributed by atoms with van der Waals surface area (Å²) in [4.78, 5) is 14.0. The largest absolute Gasteiger partial charge is 0.505 e. The molecule has 1 aliphatic carbocycles. The zero-order valence-electron chi connectivity index (χ0n) is 8.65. The van der Waals surface area contributed by atoms with Crippen LogP contribution in [0.4, 0.5) is 0 Å². The van der Waals surface area contributed by atoms with Gasteiger partial charge in [-0.05, 0) is 31.3 Å². The van der Waals surface area contributed by atoms with Gasteiger partial charge in [0.2, 0.25) is 5.39 Å². The van der Waals surface area contributed by atoms with Gasteiger partial charge in [0.05, 0.1) is 0 Å². The minimum absolute atomic E-state index is 0.0734. The number of carbonyl (C=O) groups excluding carboxylic acids is 1. The Morgan fingerprint density at radius 2 is 2.40 bits per heavy atom. The van der Waals surface area contributed by atoms with E-state index >= 15 is 0 Å². The van der Waals surface area contributed by atoms with Crippen molar-refractivity contribution in [3.05, 3.63) is 28.6 Å². The molecule has 0 saturated heterocycles. The van der Waals surface area contributed by atoms with Crippen LogP contribution >= 0.6 is 0 Å². The Hall–Kier alpha value is -1.63. The number of nitrogens with zero attached hydrogens (tertiary/aromatic N) is 2. The molecule has 0 atom stereocenters. The first-order valence-corrected chi connectivity index (χ1v) is 5.18. The van der Waals surface area contributed by atoms with Crippen LogP contribution in [0.3, 0.4) is 0 Å². The summed E-state index contributed by atoms with van der Waals surface area (Å²) in [5.74, 6) is 0.337. The highest BCUT2D eigenvalue weighted by Crippen LogP contribution is 2.20. The maximum atomic E-state index is 11.2. The molecular formula is C11H15N2O2+. The van der Waals surface area contributed by atoms with E-state index in [9.17, 15) is 4.79 Å². The van der Waals surface area contributed by atoms with Crippen molar-refractivity contribution in [1.29, 1.82) is 5.39 Å². The molecule has 0 bridgehead atoms. The number of carbonyl (C=O) groups is 1. The zero-order chi connectivity index (χ0) is 11.1. The molecule has 1 rings (SSSR count). The number of unbranched alkanes of at least 4 members (excludes halogenated alkanes) is 1. The smallest absolute Gasteiger partial charge is 0.387 e. The van der Waals surface area contributed by atoms with Crippen molar-refractivity contribution in [2.75, 3.05) is 0 Å². The predicted octanol–water partition coefficient (Wildman–Crippen LogP) is 3.09. The van der Waals surface area contributed by atoms with E-state index in [-0.39, 0.29) is 11.5 Å². The minimum atomic E-state index is 0.0734. The molecule has 4 heteroatoms. The Bertz CT molecular complexity index is 337. The summed E-state index contributed by atoms with van der Waals surface area (Å²) >= 11 is 0. The van der Waals surface area contributed by atoms with Gasteiger partial charge in [-0.1, -0.05) is 6.08 Å². The second kappa shape index (κ2) is 5.97. The highest BCUT2D eigenvalue weighted by molar-refractivity contribution is 5.97. The molecule has 0 saturated carbocycles.